The van der Waals surface area contributed by atoms with Gasteiger partial charge in [-0.1, -0.05) is 30.3 Å². The van der Waals surface area contributed by atoms with Gasteiger partial charge in [-0.25, -0.2) is 4.39 Å². The summed E-state index contributed by atoms with van der Waals surface area (Å²) in [6.07, 6.45) is 7.18. The lowest BCUT2D eigenvalue weighted by molar-refractivity contribution is -0.131. The molecule has 4 heterocycles. The first-order valence-corrected chi connectivity index (χ1v) is 11.2. The Kier molecular flexibility index (Phi) is 4.91. The summed E-state index contributed by atoms with van der Waals surface area (Å²) >= 11 is 0. The van der Waals surface area contributed by atoms with Crippen molar-refractivity contribution in [3.8, 4) is 22.3 Å². The second kappa shape index (κ2) is 8.08. The molecule has 2 aromatic carbocycles. The van der Waals surface area contributed by atoms with E-state index < -0.39 is 0 Å². The SMILES string of the molecule is O=C(Cn1cc(-c2ccc(-c3cncc4cc(F)ccc34)cc2)cn1)N1CC2COCC2C1. The predicted octanol–water partition coefficient (Wildman–Crippen LogP) is 4.01. The van der Waals surface area contributed by atoms with Crippen molar-refractivity contribution < 1.29 is 13.9 Å². The van der Waals surface area contributed by atoms with Crippen molar-refractivity contribution in [2.75, 3.05) is 26.3 Å². The first-order chi connectivity index (χ1) is 16.1. The molecule has 2 atom stereocenters. The Morgan fingerprint density at radius 2 is 1.73 bits per heavy atom. The minimum absolute atomic E-state index is 0.106. The first-order valence-electron chi connectivity index (χ1n) is 11.2. The number of pyridine rings is 1. The number of halogens is 1. The standard InChI is InChI=1S/C26H23FN4O2/c27-23-5-6-24-19(7-23)8-28-10-25(24)18-3-1-17(2-4-18)20-9-29-31(13-20)14-26(32)30-11-21-15-33-16-22(21)12-30/h1-10,13,21-22H,11-12,14-16H2. The minimum atomic E-state index is -0.270. The summed E-state index contributed by atoms with van der Waals surface area (Å²) in [6.45, 7) is 3.35. The third-order valence-electron chi connectivity index (χ3n) is 6.77. The molecule has 166 valence electrons. The molecular weight excluding hydrogens is 419 g/mol. The summed E-state index contributed by atoms with van der Waals surface area (Å²) in [5.41, 5.74) is 3.94. The number of rotatable bonds is 4. The van der Waals surface area contributed by atoms with Gasteiger partial charge < -0.3 is 9.64 Å². The van der Waals surface area contributed by atoms with E-state index in [9.17, 15) is 9.18 Å². The Bertz CT molecular complexity index is 1320. The van der Waals surface area contributed by atoms with Crippen molar-refractivity contribution >= 4 is 16.7 Å². The molecule has 1 amide bonds. The van der Waals surface area contributed by atoms with Gasteiger partial charge in [-0.15, -0.1) is 0 Å². The average molecular weight is 442 g/mol. The van der Waals surface area contributed by atoms with Crippen LogP contribution < -0.4 is 0 Å². The molecule has 33 heavy (non-hydrogen) atoms. The Labute approximate surface area is 190 Å². The van der Waals surface area contributed by atoms with Crippen molar-refractivity contribution in [1.29, 1.82) is 0 Å². The van der Waals surface area contributed by atoms with Gasteiger partial charge in [0.2, 0.25) is 5.91 Å². The Morgan fingerprint density at radius 1 is 0.970 bits per heavy atom. The molecule has 0 spiro atoms. The summed E-state index contributed by atoms with van der Waals surface area (Å²) in [4.78, 5) is 18.9. The summed E-state index contributed by atoms with van der Waals surface area (Å²) in [6, 6.07) is 12.9. The van der Waals surface area contributed by atoms with Gasteiger partial charge in [0, 0.05) is 60.0 Å². The number of carbonyl (C=O) groups is 1. The molecule has 0 radical (unpaired) electrons. The zero-order valence-corrected chi connectivity index (χ0v) is 18.0. The van der Waals surface area contributed by atoms with Crippen LogP contribution in [0.5, 0.6) is 0 Å². The summed E-state index contributed by atoms with van der Waals surface area (Å²) in [5, 5.41) is 6.14. The molecule has 2 aliphatic heterocycles. The van der Waals surface area contributed by atoms with Gasteiger partial charge >= 0.3 is 0 Å². The number of hydrogen-bond acceptors (Lipinski definition) is 4. The zero-order valence-electron chi connectivity index (χ0n) is 18.0. The number of hydrogen-bond donors (Lipinski definition) is 0. The molecule has 0 N–H and O–H groups in total. The Balaban J connectivity index is 1.18. The van der Waals surface area contributed by atoms with E-state index in [0.29, 0.717) is 11.8 Å². The second-order valence-corrected chi connectivity index (χ2v) is 8.91. The van der Waals surface area contributed by atoms with Crippen LogP contribution in [0.2, 0.25) is 0 Å². The Hall–Kier alpha value is -3.58. The number of ether oxygens (including phenoxy) is 1. The van der Waals surface area contributed by atoms with E-state index in [4.69, 9.17) is 4.74 Å². The lowest BCUT2D eigenvalue weighted by Gasteiger charge is -2.17. The molecule has 6 rings (SSSR count). The van der Waals surface area contributed by atoms with Crippen LogP contribution in [0.15, 0.2) is 67.3 Å². The molecule has 2 saturated heterocycles. The number of benzene rings is 2. The van der Waals surface area contributed by atoms with Crippen molar-refractivity contribution in [3.63, 3.8) is 0 Å². The monoisotopic (exact) mass is 442 g/mol. The first kappa shape index (κ1) is 20.1. The second-order valence-electron chi connectivity index (χ2n) is 8.91. The number of likely N-dealkylation sites (tertiary alicyclic amines) is 1. The van der Waals surface area contributed by atoms with Crippen molar-refractivity contribution in [3.05, 3.63) is 73.1 Å². The van der Waals surface area contributed by atoms with E-state index in [0.717, 1.165) is 59.3 Å². The molecular formula is C26H23FN4O2. The highest BCUT2D eigenvalue weighted by Crippen LogP contribution is 2.31. The van der Waals surface area contributed by atoms with Crippen LogP contribution in [0, 0.1) is 17.7 Å². The number of amides is 1. The summed E-state index contributed by atoms with van der Waals surface area (Å²) < 4.78 is 20.8. The third-order valence-corrected chi connectivity index (χ3v) is 6.77. The number of carbonyl (C=O) groups excluding carboxylic acids is 1. The van der Waals surface area contributed by atoms with Gasteiger partial charge in [-0.2, -0.15) is 5.10 Å². The van der Waals surface area contributed by atoms with Crippen LogP contribution in [-0.2, 0) is 16.1 Å². The maximum Gasteiger partial charge on any atom is 0.244 e. The third kappa shape index (κ3) is 3.78. The van der Waals surface area contributed by atoms with E-state index in [1.165, 1.54) is 12.1 Å². The number of aromatic nitrogens is 3. The van der Waals surface area contributed by atoms with Crippen molar-refractivity contribution in [1.82, 2.24) is 19.7 Å². The van der Waals surface area contributed by atoms with Crippen molar-refractivity contribution in [2.24, 2.45) is 11.8 Å². The van der Waals surface area contributed by atoms with E-state index in [1.807, 2.05) is 35.4 Å². The van der Waals surface area contributed by atoms with Crippen LogP contribution in [0.3, 0.4) is 0 Å². The summed E-state index contributed by atoms with van der Waals surface area (Å²) in [5.74, 6) is 0.802. The maximum absolute atomic E-state index is 13.6. The van der Waals surface area contributed by atoms with Gasteiger partial charge in [0.05, 0.1) is 19.4 Å². The van der Waals surface area contributed by atoms with Crippen LogP contribution in [-0.4, -0.2) is 51.9 Å². The lowest BCUT2D eigenvalue weighted by atomic mass is 9.99. The summed E-state index contributed by atoms with van der Waals surface area (Å²) in [7, 11) is 0. The largest absolute Gasteiger partial charge is 0.381 e. The molecule has 4 aromatic rings. The molecule has 2 aliphatic rings. The molecule has 2 fully saturated rings. The van der Waals surface area contributed by atoms with E-state index in [-0.39, 0.29) is 18.3 Å². The highest BCUT2D eigenvalue weighted by atomic mass is 19.1. The zero-order chi connectivity index (χ0) is 22.4. The van der Waals surface area contributed by atoms with Gasteiger partial charge in [0.15, 0.2) is 0 Å². The van der Waals surface area contributed by atoms with E-state index in [1.54, 1.807) is 29.3 Å². The quantitative estimate of drug-likeness (QED) is 0.479. The van der Waals surface area contributed by atoms with Crippen molar-refractivity contribution in [2.45, 2.75) is 6.54 Å². The van der Waals surface area contributed by atoms with Gasteiger partial charge in [0.1, 0.15) is 12.4 Å². The predicted molar refractivity (Wildman–Crippen MR) is 123 cm³/mol. The number of nitrogens with zero attached hydrogens (tertiary/aromatic N) is 4. The fourth-order valence-electron chi connectivity index (χ4n) is 4.95. The van der Waals surface area contributed by atoms with E-state index >= 15 is 0 Å². The van der Waals surface area contributed by atoms with Crippen LogP contribution in [0.25, 0.3) is 33.0 Å². The number of fused-ring (bicyclic) bond motifs is 2. The highest BCUT2D eigenvalue weighted by molar-refractivity contribution is 5.96. The Morgan fingerprint density at radius 3 is 2.52 bits per heavy atom. The van der Waals surface area contributed by atoms with Gasteiger partial charge in [-0.3, -0.25) is 14.5 Å². The molecule has 0 bridgehead atoms. The topological polar surface area (TPSA) is 60.2 Å². The fourth-order valence-corrected chi connectivity index (χ4v) is 4.95. The van der Waals surface area contributed by atoms with Crippen LogP contribution in [0.1, 0.15) is 0 Å². The average Bonchev–Trinajstić information content (AvgIpc) is 3.55. The lowest BCUT2D eigenvalue weighted by Crippen LogP contribution is -2.33. The van der Waals surface area contributed by atoms with Gasteiger partial charge in [0.25, 0.3) is 0 Å². The molecule has 2 aromatic heterocycles. The molecule has 6 nitrogen and oxygen atoms in total. The van der Waals surface area contributed by atoms with Crippen LogP contribution >= 0.6 is 0 Å². The highest BCUT2D eigenvalue weighted by Gasteiger charge is 2.38. The minimum Gasteiger partial charge on any atom is -0.381 e. The molecule has 0 aliphatic carbocycles. The maximum atomic E-state index is 13.6. The molecule has 0 saturated carbocycles. The van der Waals surface area contributed by atoms with Crippen LogP contribution in [0.4, 0.5) is 4.39 Å². The fraction of sp³-hybridized carbons (Fsp3) is 0.269. The molecule has 7 heteroatoms. The normalized spacial score (nSPS) is 19.8. The van der Waals surface area contributed by atoms with Gasteiger partial charge in [-0.05, 0) is 28.6 Å². The van der Waals surface area contributed by atoms with E-state index in [2.05, 4.69) is 10.1 Å². The molecule has 2 unspecified atom stereocenters. The smallest absolute Gasteiger partial charge is 0.244 e.